The van der Waals surface area contributed by atoms with Gasteiger partial charge in [0.2, 0.25) is 0 Å². The Labute approximate surface area is 167 Å². The minimum Gasteiger partial charge on any atom is -0.353 e. The molecular weight excluding hydrogens is 373 g/mol. The molecule has 1 saturated carbocycles. The van der Waals surface area contributed by atoms with Crippen LogP contribution in [0.1, 0.15) is 35.3 Å². The van der Waals surface area contributed by atoms with Crippen molar-refractivity contribution in [3.05, 3.63) is 60.1 Å². The van der Waals surface area contributed by atoms with E-state index in [1.54, 1.807) is 18.5 Å². The van der Waals surface area contributed by atoms with Crippen molar-refractivity contribution in [2.24, 2.45) is 0 Å². The van der Waals surface area contributed by atoms with Gasteiger partial charge in [0.25, 0.3) is 5.91 Å². The molecule has 0 radical (unpaired) electrons. The number of nitrogens with one attached hydrogen (secondary N) is 1. The summed E-state index contributed by atoms with van der Waals surface area (Å²) in [7, 11) is 1.94. The number of carbonyl (C=O) groups is 1. The van der Waals surface area contributed by atoms with Crippen LogP contribution in [-0.4, -0.2) is 50.0 Å². The highest BCUT2D eigenvalue weighted by atomic mass is 19.1. The predicted molar refractivity (Wildman–Crippen MR) is 105 cm³/mol. The molecule has 0 spiro atoms. The second-order valence-corrected chi connectivity index (χ2v) is 7.16. The van der Waals surface area contributed by atoms with Crippen molar-refractivity contribution >= 4 is 11.7 Å². The van der Waals surface area contributed by atoms with E-state index in [4.69, 9.17) is 0 Å². The first-order valence-corrected chi connectivity index (χ1v) is 9.52. The van der Waals surface area contributed by atoms with Gasteiger partial charge >= 0.3 is 0 Å². The van der Waals surface area contributed by atoms with Crippen molar-refractivity contribution in [2.45, 2.75) is 38.3 Å². The standard InChI is InChI=1S/C20H22FN7O/c1-13-11-23-18(12-22-13)27(2)16-7-4-6-15(16)26-20(29)19-14(21)5-3-8-17(19)28-24-9-10-25-28/h3,5,8-12,15-16H,4,6-7H2,1-2H3,(H,26,29)/t15-,16-/m0/s1. The second-order valence-electron chi connectivity index (χ2n) is 7.16. The lowest BCUT2D eigenvalue weighted by Crippen LogP contribution is -2.48. The molecule has 1 amide bonds. The number of halogens is 1. The normalized spacial score (nSPS) is 18.6. The molecule has 1 aliphatic rings. The van der Waals surface area contributed by atoms with Gasteiger partial charge in [0.15, 0.2) is 0 Å². The van der Waals surface area contributed by atoms with E-state index in [1.807, 2.05) is 18.9 Å². The SMILES string of the molecule is Cc1cnc(N(C)[C@H]2CCC[C@@H]2NC(=O)c2c(F)cccc2-n2nccn2)cn1. The summed E-state index contributed by atoms with van der Waals surface area (Å²) >= 11 is 0. The maximum absolute atomic E-state index is 14.6. The number of hydrogen-bond donors (Lipinski definition) is 1. The van der Waals surface area contributed by atoms with Crippen molar-refractivity contribution in [3.63, 3.8) is 0 Å². The van der Waals surface area contributed by atoms with Crippen LogP contribution in [0.4, 0.5) is 10.2 Å². The monoisotopic (exact) mass is 395 g/mol. The molecule has 2 heterocycles. The van der Waals surface area contributed by atoms with Crippen LogP contribution in [0.3, 0.4) is 0 Å². The molecule has 2 aromatic heterocycles. The van der Waals surface area contributed by atoms with Gasteiger partial charge in [-0.2, -0.15) is 15.0 Å². The Morgan fingerprint density at radius 2 is 2.00 bits per heavy atom. The number of carbonyl (C=O) groups excluding carboxylic acids is 1. The Balaban J connectivity index is 1.56. The van der Waals surface area contributed by atoms with E-state index in [9.17, 15) is 9.18 Å². The smallest absolute Gasteiger partial charge is 0.256 e. The van der Waals surface area contributed by atoms with Crippen molar-refractivity contribution in [1.29, 1.82) is 0 Å². The van der Waals surface area contributed by atoms with Crippen LogP contribution < -0.4 is 10.2 Å². The van der Waals surface area contributed by atoms with Crippen LogP contribution in [0, 0.1) is 12.7 Å². The molecule has 1 aliphatic carbocycles. The fraction of sp³-hybridized carbons (Fsp3) is 0.350. The Kier molecular flexibility index (Phi) is 5.20. The lowest BCUT2D eigenvalue weighted by atomic mass is 10.1. The number of likely N-dealkylation sites (N-methyl/N-ethyl adjacent to an activating group) is 1. The number of nitrogens with zero attached hydrogens (tertiary/aromatic N) is 6. The second kappa shape index (κ2) is 7.94. The molecular formula is C20H22FN7O. The van der Waals surface area contributed by atoms with Gasteiger partial charge in [0.05, 0.1) is 36.5 Å². The molecule has 0 aliphatic heterocycles. The molecule has 0 bridgehead atoms. The number of aromatic nitrogens is 5. The van der Waals surface area contributed by atoms with E-state index in [-0.39, 0.29) is 17.6 Å². The van der Waals surface area contributed by atoms with Crippen LogP contribution in [0.2, 0.25) is 0 Å². The summed E-state index contributed by atoms with van der Waals surface area (Å²) in [5, 5.41) is 11.1. The van der Waals surface area contributed by atoms with Gasteiger partial charge in [-0.25, -0.2) is 9.37 Å². The first-order valence-electron chi connectivity index (χ1n) is 9.52. The number of benzene rings is 1. The molecule has 8 nitrogen and oxygen atoms in total. The third-order valence-electron chi connectivity index (χ3n) is 5.28. The zero-order valence-electron chi connectivity index (χ0n) is 16.3. The first-order chi connectivity index (χ1) is 14.0. The predicted octanol–water partition coefficient (Wildman–Crippen LogP) is 2.29. The van der Waals surface area contributed by atoms with Crippen molar-refractivity contribution in [2.75, 3.05) is 11.9 Å². The van der Waals surface area contributed by atoms with E-state index >= 15 is 0 Å². The molecule has 2 atom stereocenters. The van der Waals surface area contributed by atoms with E-state index in [1.165, 1.54) is 29.3 Å². The maximum Gasteiger partial charge on any atom is 0.256 e. The van der Waals surface area contributed by atoms with E-state index in [0.717, 1.165) is 30.8 Å². The van der Waals surface area contributed by atoms with Gasteiger partial charge < -0.3 is 10.2 Å². The van der Waals surface area contributed by atoms with Crippen LogP contribution in [0.15, 0.2) is 43.0 Å². The molecule has 1 aromatic carbocycles. The average Bonchev–Trinajstić information content (AvgIpc) is 3.40. The van der Waals surface area contributed by atoms with Crippen LogP contribution >= 0.6 is 0 Å². The number of rotatable bonds is 5. The molecule has 4 rings (SSSR count). The van der Waals surface area contributed by atoms with Crippen molar-refractivity contribution in [3.8, 4) is 5.69 Å². The van der Waals surface area contributed by atoms with E-state index in [2.05, 4.69) is 25.5 Å². The third kappa shape index (κ3) is 3.80. The Morgan fingerprint density at radius 3 is 2.72 bits per heavy atom. The summed E-state index contributed by atoms with van der Waals surface area (Å²) in [5.74, 6) is -0.339. The van der Waals surface area contributed by atoms with Gasteiger partial charge in [-0.05, 0) is 38.3 Å². The molecule has 3 aromatic rings. The van der Waals surface area contributed by atoms with E-state index < -0.39 is 11.7 Å². The summed E-state index contributed by atoms with van der Waals surface area (Å²) in [6.07, 6.45) is 9.09. The zero-order chi connectivity index (χ0) is 20.4. The van der Waals surface area contributed by atoms with Crippen LogP contribution in [0.25, 0.3) is 5.69 Å². The molecule has 9 heteroatoms. The maximum atomic E-state index is 14.6. The first kappa shape index (κ1) is 19.0. The molecule has 1 fully saturated rings. The van der Waals surface area contributed by atoms with Crippen LogP contribution in [-0.2, 0) is 0 Å². The Bertz CT molecular complexity index is 991. The highest BCUT2D eigenvalue weighted by molar-refractivity contribution is 5.98. The molecule has 150 valence electrons. The lowest BCUT2D eigenvalue weighted by molar-refractivity contribution is 0.0930. The molecule has 1 N–H and O–H groups in total. The largest absolute Gasteiger partial charge is 0.353 e. The summed E-state index contributed by atoms with van der Waals surface area (Å²) in [6.45, 7) is 1.88. The van der Waals surface area contributed by atoms with Crippen LogP contribution in [0.5, 0.6) is 0 Å². The fourth-order valence-electron chi connectivity index (χ4n) is 3.80. The zero-order valence-corrected chi connectivity index (χ0v) is 16.3. The van der Waals surface area contributed by atoms with Gasteiger partial charge in [0.1, 0.15) is 22.9 Å². The van der Waals surface area contributed by atoms with Crippen molar-refractivity contribution in [1.82, 2.24) is 30.3 Å². The number of anilines is 1. The third-order valence-corrected chi connectivity index (χ3v) is 5.28. The fourth-order valence-corrected chi connectivity index (χ4v) is 3.80. The average molecular weight is 395 g/mol. The topological polar surface area (TPSA) is 88.8 Å². The summed E-state index contributed by atoms with van der Waals surface area (Å²) in [6, 6.07) is 4.34. The van der Waals surface area contributed by atoms with Gasteiger partial charge in [0, 0.05) is 13.1 Å². The van der Waals surface area contributed by atoms with Gasteiger partial charge in [-0.3, -0.25) is 9.78 Å². The number of hydrogen-bond acceptors (Lipinski definition) is 6. The van der Waals surface area contributed by atoms with Gasteiger partial charge in [-0.1, -0.05) is 6.07 Å². The Hall–Kier alpha value is -3.36. The molecule has 0 saturated heterocycles. The summed E-state index contributed by atoms with van der Waals surface area (Å²) in [4.78, 5) is 25.0. The van der Waals surface area contributed by atoms with E-state index in [0.29, 0.717) is 5.69 Å². The quantitative estimate of drug-likeness (QED) is 0.713. The highest BCUT2D eigenvalue weighted by Gasteiger charge is 2.33. The number of amides is 1. The molecule has 29 heavy (non-hydrogen) atoms. The van der Waals surface area contributed by atoms with Crippen molar-refractivity contribution < 1.29 is 9.18 Å². The summed E-state index contributed by atoms with van der Waals surface area (Å²) < 4.78 is 14.6. The minimum absolute atomic E-state index is 0.0500. The Morgan fingerprint density at radius 1 is 1.21 bits per heavy atom. The lowest BCUT2D eigenvalue weighted by Gasteiger charge is -2.31. The summed E-state index contributed by atoms with van der Waals surface area (Å²) in [5.41, 5.74) is 1.09. The molecule has 0 unspecified atom stereocenters. The van der Waals surface area contributed by atoms with Gasteiger partial charge in [-0.15, -0.1) is 0 Å². The number of aryl methyl sites for hydroxylation is 1. The highest BCUT2D eigenvalue weighted by Crippen LogP contribution is 2.27. The minimum atomic E-state index is -0.607.